The van der Waals surface area contributed by atoms with Gasteiger partial charge in [0.25, 0.3) is 11.8 Å². The Morgan fingerprint density at radius 3 is 2.44 bits per heavy atom. The second-order valence-corrected chi connectivity index (χ2v) is 5.60. The van der Waals surface area contributed by atoms with Crippen LogP contribution in [0.15, 0.2) is 18.2 Å². The quantitative estimate of drug-likeness (QED) is 0.520. The summed E-state index contributed by atoms with van der Waals surface area (Å²) in [4.78, 5) is 37.7. The molecule has 25 heavy (non-hydrogen) atoms. The summed E-state index contributed by atoms with van der Waals surface area (Å²) in [5.74, 6) is -0.660. The van der Waals surface area contributed by atoms with Crippen LogP contribution in [0.5, 0.6) is 0 Å². The largest absolute Gasteiger partial charge is 0.385 e. The molecule has 1 aromatic carbocycles. The van der Waals surface area contributed by atoms with Crippen molar-refractivity contribution >= 4 is 23.5 Å². The fourth-order valence-corrected chi connectivity index (χ4v) is 2.53. The third-order valence-electron chi connectivity index (χ3n) is 3.77. The van der Waals surface area contributed by atoms with E-state index in [4.69, 9.17) is 9.47 Å². The molecule has 136 valence electrons. The van der Waals surface area contributed by atoms with Crippen LogP contribution in [0, 0.1) is 0 Å². The molecule has 0 bridgehead atoms. The number of rotatable bonds is 9. The number of nitrogens with zero attached hydrogens (tertiary/aromatic N) is 1. The summed E-state index contributed by atoms with van der Waals surface area (Å²) in [5.41, 5.74) is 1.12. The average molecular weight is 349 g/mol. The molecule has 0 atom stereocenters. The molecule has 0 saturated carbocycles. The zero-order chi connectivity index (χ0) is 18.2. The number of hydrogen-bond acceptors (Lipinski definition) is 5. The van der Waals surface area contributed by atoms with Crippen molar-refractivity contribution in [3.63, 3.8) is 0 Å². The maximum absolute atomic E-state index is 12.4. The third kappa shape index (κ3) is 4.77. The highest BCUT2D eigenvalue weighted by Gasteiger charge is 2.35. The Balaban J connectivity index is 1.97. The molecule has 0 spiro atoms. The zero-order valence-corrected chi connectivity index (χ0v) is 14.5. The number of imide groups is 1. The van der Waals surface area contributed by atoms with Gasteiger partial charge in [-0.15, -0.1) is 0 Å². The van der Waals surface area contributed by atoms with Crippen LogP contribution in [0.4, 0.5) is 10.5 Å². The van der Waals surface area contributed by atoms with Gasteiger partial charge in [0.2, 0.25) is 0 Å². The first-order chi connectivity index (χ1) is 12.1. The standard InChI is InChI=1S/C17H23N3O5/c1-24-9-3-7-18-17(23)19-12-5-6-13-14(11-12)16(22)20(15(13)21)8-4-10-25-2/h5-6,11H,3-4,7-10H2,1-2H3,(H2,18,19,23). The van der Waals surface area contributed by atoms with Gasteiger partial charge in [-0.05, 0) is 31.0 Å². The molecule has 2 N–H and O–H groups in total. The summed E-state index contributed by atoms with van der Waals surface area (Å²) in [6, 6.07) is 4.33. The molecule has 8 heteroatoms. The minimum atomic E-state index is -0.371. The van der Waals surface area contributed by atoms with Crippen LogP contribution in [0.3, 0.4) is 0 Å². The van der Waals surface area contributed by atoms with Crippen LogP contribution < -0.4 is 10.6 Å². The van der Waals surface area contributed by atoms with Crippen molar-refractivity contribution in [2.75, 3.05) is 45.8 Å². The van der Waals surface area contributed by atoms with Crippen molar-refractivity contribution < 1.29 is 23.9 Å². The lowest BCUT2D eigenvalue weighted by Crippen LogP contribution is -2.31. The number of urea groups is 1. The Hall–Kier alpha value is -2.45. The Morgan fingerprint density at radius 2 is 1.72 bits per heavy atom. The van der Waals surface area contributed by atoms with Gasteiger partial charge in [0.05, 0.1) is 11.1 Å². The summed E-state index contributed by atoms with van der Waals surface area (Å²) in [7, 11) is 3.17. The van der Waals surface area contributed by atoms with Gasteiger partial charge in [-0.25, -0.2) is 4.79 Å². The van der Waals surface area contributed by atoms with E-state index >= 15 is 0 Å². The number of ether oxygens (including phenoxy) is 2. The molecule has 1 heterocycles. The van der Waals surface area contributed by atoms with Crippen LogP contribution in [0.1, 0.15) is 33.6 Å². The molecule has 1 aromatic rings. The summed E-state index contributed by atoms with van der Waals surface area (Å²) >= 11 is 0. The van der Waals surface area contributed by atoms with Gasteiger partial charge in [0, 0.05) is 46.2 Å². The number of nitrogens with one attached hydrogen (secondary N) is 2. The number of anilines is 1. The van der Waals surface area contributed by atoms with E-state index in [0.717, 1.165) is 0 Å². The van der Waals surface area contributed by atoms with E-state index in [1.54, 1.807) is 26.4 Å². The number of fused-ring (bicyclic) bond motifs is 1. The summed E-state index contributed by atoms with van der Waals surface area (Å²) in [6.07, 6.45) is 1.29. The highest BCUT2D eigenvalue weighted by Crippen LogP contribution is 2.26. The lowest BCUT2D eigenvalue weighted by molar-refractivity contribution is 0.0638. The summed E-state index contributed by atoms with van der Waals surface area (Å²) in [5, 5.41) is 5.35. The molecule has 0 aliphatic carbocycles. The molecule has 0 aromatic heterocycles. The number of methoxy groups -OCH3 is 2. The Morgan fingerprint density at radius 1 is 1.04 bits per heavy atom. The average Bonchev–Trinajstić information content (AvgIpc) is 2.83. The van der Waals surface area contributed by atoms with Crippen LogP contribution in [-0.2, 0) is 9.47 Å². The van der Waals surface area contributed by atoms with Gasteiger partial charge >= 0.3 is 6.03 Å². The van der Waals surface area contributed by atoms with E-state index in [9.17, 15) is 14.4 Å². The molecule has 0 fully saturated rings. The van der Waals surface area contributed by atoms with Crippen LogP contribution in [-0.4, -0.2) is 63.3 Å². The monoisotopic (exact) mass is 349 g/mol. The molecule has 0 radical (unpaired) electrons. The molecule has 2 rings (SSSR count). The molecule has 4 amide bonds. The number of hydrogen-bond donors (Lipinski definition) is 2. The second kappa shape index (κ2) is 9.14. The molecular formula is C17H23N3O5. The van der Waals surface area contributed by atoms with Gasteiger partial charge in [-0.1, -0.05) is 0 Å². The van der Waals surface area contributed by atoms with Crippen molar-refractivity contribution in [3.8, 4) is 0 Å². The van der Waals surface area contributed by atoms with Crippen molar-refractivity contribution in [3.05, 3.63) is 29.3 Å². The van der Waals surface area contributed by atoms with E-state index in [1.165, 1.54) is 11.0 Å². The molecule has 0 unspecified atom stereocenters. The van der Waals surface area contributed by atoms with Gasteiger partial charge in [-0.2, -0.15) is 0 Å². The smallest absolute Gasteiger partial charge is 0.319 e. The molecule has 1 aliphatic heterocycles. The van der Waals surface area contributed by atoms with Gasteiger partial charge in [0.15, 0.2) is 0 Å². The molecular weight excluding hydrogens is 326 g/mol. The Labute approximate surface area is 146 Å². The number of benzene rings is 1. The van der Waals surface area contributed by atoms with E-state index in [-0.39, 0.29) is 17.8 Å². The zero-order valence-electron chi connectivity index (χ0n) is 14.5. The van der Waals surface area contributed by atoms with Crippen molar-refractivity contribution in [2.24, 2.45) is 0 Å². The van der Waals surface area contributed by atoms with Crippen LogP contribution in [0.2, 0.25) is 0 Å². The Kier molecular flexibility index (Phi) is 6.91. The maximum atomic E-state index is 12.4. The van der Waals surface area contributed by atoms with Crippen LogP contribution >= 0.6 is 0 Å². The molecule has 1 aliphatic rings. The lowest BCUT2D eigenvalue weighted by atomic mass is 10.1. The normalized spacial score (nSPS) is 13.1. The minimum Gasteiger partial charge on any atom is -0.385 e. The van der Waals surface area contributed by atoms with E-state index in [0.29, 0.717) is 56.0 Å². The fraction of sp³-hybridized carbons (Fsp3) is 0.471. The van der Waals surface area contributed by atoms with E-state index in [1.807, 2.05) is 0 Å². The maximum Gasteiger partial charge on any atom is 0.319 e. The molecule has 8 nitrogen and oxygen atoms in total. The van der Waals surface area contributed by atoms with Crippen LogP contribution in [0.25, 0.3) is 0 Å². The summed E-state index contributed by atoms with van der Waals surface area (Å²) < 4.78 is 9.85. The number of carbonyl (C=O) groups is 3. The van der Waals surface area contributed by atoms with Crippen molar-refractivity contribution in [1.82, 2.24) is 10.2 Å². The highest BCUT2D eigenvalue weighted by atomic mass is 16.5. The topological polar surface area (TPSA) is 97.0 Å². The fourth-order valence-electron chi connectivity index (χ4n) is 2.53. The third-order valence-corrected chi connectivity index (χ3v) is 3.77. The highest BCUT2D eigenvalue weighted by molar-refractivity contribution is 6.21. The predicted molar refractivity (Wildman–Crippen MR) is 91.8 cm³/mol. The number of carbonyl (C=O) groups excluding carboxylic acids is 3. The van der Waals surface area contributed by atoms with Crippen molar-refractivity contribution in [2.45, 2.75) is 12.8 Å². The van der Waals surface area contributed by atoms with Gasteiger partial charge in [-0.3, -0.25) is 14.5 Å². The van der Waals surface area contributed by atoms with Crippen molar-refractivity contribution in [1.29, 1.82) is 0 Å². The lowest BCUT2D eigenvalue weighted by Gasteiger charge is -2.12. The number of amides is 4. The Bertz CT molecular complexity index is 647. The first kappa shape index (κ1) is 18.9. The SMILES string of the molecule is COCCCNC(=O)Nc1ccc2c(c1)C(=O)N(CCCOC)C2=O. The van der Waals surface area contributed by atoms with Gasteiger partial charge in [0.1, 0.15) is 0 Å². The first-order valence-electron chi connectivity index (χ1n) is 8.11. The minimum absolute atomic E-state index is 0.305. The second-order valence-electron chi connectivity index (χ2n) is 5.60. The first-order valence-corrected chi connectivity index (χ1v) is 8.11. The van der Waals surface area contributed by atoms with E-state index < -0.39 is 0 Å². The van der Waals surface area contributed by atoms with Gasteiger partial charge < -0.3 is 20.1 Å². The predicted octanol–water partition coefficient (Wildman–Crippen LogP) is 1.48. The molecule has 0 saturated heterocycles. The summed E-state index contributed by atoms with van der Waals surface area (Å²) in [6.45, 7) is 1.83. The van der Waals surface area contributed by atoms with E-state index in [2.05, 4.69) is 10.6 Å².